The molecule has 2 aromatic rings. The lowest BCUT2D eigenvalue weighted by Crippen LogP contribution is -2.36. The number of benzene rings is 1. The van der Waals surface area contributed by atoms with E-state index in [-0.39, 0.29) is 5.91 Å². The Morgan fingerprint density at radius 1 is 1.29 bits per heavy atom. The van der Waals surface area contributed by atoms with Crippen molar-refractivity contribution >= 4 is 29.1 Å². The highest BCUT2D eigenvalue weighted by Gasteiger charge is 2.37. The number of fused-ring (bicyclic) bond motifs is 1. The minimum absolute atomic E-state index is 0.250. The standard InChI is InChI=1S/C20H23Cl2N3O3/c1-24(2)6-7-28-18-5-4-12(11-23-18)20(27)25(3)19-15-8-13(21)9-16(22)14(15)10-17(19)26/h4-5,8-9,11,17,19,26H,6-7,10H2,1-3H3. The van der Waals surface area contributed by atoms with Crippen molar-refractivity contribution in [2.75, 3.05) is 34.3 Å². The van der Waals surface area contributed by atoms with E-state index in [1.54, 1.807) is 31.3 Å². The second kappa shape index (κ2) is 8.66. The van der Waals surface area contributed by atoms with Gasteiger partial charge in [-0.1, -0.05) is 23.2 Å². The van der Waals surface area contributed by atoms with Gasteiger partial charge in [0.2, 0.25) is 5.88 Å². The quantitative estimate of drug-likeness (QED) is 0.772. The highest BCUT2D eigenvalue weighted by molar-refractivity contribution is 6.35. The van der Waals surface area contributed by atoms with Crippen LogP contribution in [-0.4, -0.2) is 66.2 Å². The van der Waals surface area contributed by atoms with Gasteiger partial charge in [0.15, 0.2) is 0 Å². The van der Waals surface area contributed by atoms with E-state index < -0.39 is 12.1 Å². The molecule has 0 aliphatic heterocycles. The lowest BCUT2D eigenvalue weighted by atomic mass is 10.1. The third kappa shape index (κ3) is 4.41. The third-order valence-electron chi connectivity index (χ3n) is 4.80. The summed E-state index contributed by atoms with van der Waals surface area (Å²) in [7, 11) is 5.58. The Morgan fingerprint density at radius 2 is 2.04 bits per heavy atom. The predicted octanol–water partition coefficient (Wildman–Crippen LogP) is 3.06. The zero-order chi connectivity index (χ0) is 20.4. The van der Waals surface area contributed by atoms with Gasteiger partial charge in [0.05, 0.1) is 17.7 Å². The molecular weight excluding hydrogens is 401 g/mol. The first-order valence-electron chi connectivity index (χ1n) is 8.94. The molecule has 2 atom stereocenters. The minimum atomic E-state index is -0.749. The first-order chi connectivity index (χ1) is 13.3. The lowest BCUT2D eigenvalue weighted by Gasteiger charge is -2.28. The van der Waals surface area contributed by atoms with Gasteiger partial charge in [-0.3, -0.25) is 4.79 Å². The van der Waals surface area contributed by atoms with E-state index in [9.17, 15) is 9.90 Å². The molecule has 0 bridgehead atoms. The number of carbonyl (C=O) groups is 1. The summed E-state index contributed by atoms with van der Waals surface area (Å²) in [5.41, 5.74) is 2.01. The van der Waals surface area contributed by atoms with Crippen LogP contribution in [0.4, 0.5) is 0 Å². The fourth-order valence-electron chi connectivity index (χ4n) is 3.35. The SMILES string of the molecule is CN(C)CCOc1ccc(C(=O)N(C)C2c3cc(Cl)cc(Cl)c3CC2O)cn1. The topological polar surface area (TPSA) is 65.9 Å². The molecular formula is C20H23Cl2N3O3. The molecule has 1 heterocycles. The molecule has 1 aliphatic rings. The lowest BCUT2D eigenvalue weighted by molar-refractivity contribution is 0.0497. The number of carbonyl (C=O) groups excluding carboxylic acids is 1. The summed E-state index contributed by atoms with van der Waals surface area (Å²) in [5.74, 6) is 0.214. The maximum Gasteiger partial charge on any atom is 0.255 e. The molecule has 8 heteroatoms. The Morgan fingerprint density at radius 3 is 2.68 bits per heavy atom. The fourth-order valence-corrected chi connectivity index (χ4v) is 3.94. The molecule has 0 saturated heterocycles. The van der Waals surface area contributed by atoms with Crippen molar-refractivity contribution < 1.29 is 14.6 Å². The number of hydrogen-bond donors (Lipinski definition) is 1. The predicted molar refractivity (Wildman–Crippen MR) is 109 cm³/mol. The zero-order valence-electron chi connectivity index (χ0n) is 16.0. The van der Waals surface area contributed by atoms with Crippen LogP contribution in [0, 0.1) is 0 Å². The van der Waals surface area contributed by atoms with E-state index in [0.29, 0.717) is 34.5 Å². The molecule has 1 aromatic carbocycles. The van der Waals surface area contributed by atoms with E-state index in [1.807, 2.05) is 19.0 Å². The molecule has 0 saturated carbocycles. The maximum atomic E-state index is 12.9. The Hall–Kier alpha value is -1.86. The van der Waals surface area contributed by atoms with Crippen molar-refractivity contribution in [2.45, 2.75) is 18.6 Å². The molecule has 0 spiro atoms. The smallest absolute Gasteiger partial charge is 0.255 e. The minimum Gasteiger partial charge on any atom is -0.476 e. The molecule has 1 amide bonds. The molecule has 3 rings (SSSR count). The van der Waals surface area contributed by atoms with Crippen LogP contribution in [0.2, 0.25) is 10.0 Å². The highest BCUT2D eigenvalue weighted by Crippen LogP contribution is 2.41. The van der Waals surface area contributed by atoms with Gasteiger partial charge in [-0.05, 0) is 43.4 Å². The van der Waals surface area contributed by atoms with Crippen LogP contribution in [0.1, 0.15) is 27.5 Å². The molecule has 150 valence electrons. The fraction of sp³-hybridized carbons (Fsp3) is 0.400. The van der Waals surface area contributed by atoms with Gasteiger partial charge >= 0.3 is 0 Å². The first kappa shape index (κ1) is 20.9. The summed E-state index contributed by atoms with van der Waals surface area (Å²) in [6.45, 7) is 1.29. The van der Waals surface area contributed by atoms with Crippen molar-refractivity contribution in [1.82, 2.24) is 14.8 Å². The average Bonchev–Trinajstić information content (AvgIpc) is 2.97. The zero-order valence-corrected chi connectivity index (χ0v) is 17.5. The van der Waals surface area contributed by atoms with Gasteiger partial charge < -0.3 is 19.6 Å². The van der Waals surface area contributed by atoms with E-state index in [4.69, 9.17) is 27.9 Å². The van der Waals surface area contributed by atoms with Crippen LogP contribution in [0.15, 0.2) is 30.5 Å². The molecule has 2 unspecified atom stereocenters. The Kier molecular flexibility index (Phi) is 6.45. The molecule has 0 radical (unpaired) electrons. The Balaban J connectivity index is 1.75. The summed E-state index contributed by atoms with van der Waals surface area (Å²) in [4.78, 5) is 20.7. The largest absolute Gasteiger partial charge is 0.476 e. The van der Waals surface area contributed by atoms with Crippen molar-refractivity contribution in [3.63, 3.8) is 0 Å². The molecule has 1 N–H and O–H groups in total. The number of hydrogen-bond acceptors (Lipinski definition) is 5. The first-order valence-corrected chi connectivity index (χ1v) is 9.70. The number of halogens is 2. The summed E-state index contributed by atoms with van der Waals surface area (Å²) >= 11 is 12.4. The highest BCUT2D eigenvalue weighted by atomic mass is 35.5. The van der Waals surface area contributed by atoms with Gasteiger partial charge in [-0.2, -0.15) is 0 Å². The number of nitrogens with zero attached hydrogens (tertiary/aromatic N) is 3. The Bertz CT molecular complexity index is 859. The summed E-state index contributed by atoms with van der Waals surface area (Å²) in [5, 5.41) is 11.5. The number of amides is 1. The monoisotopic (exact) mass is 423 g/mol. The number of likely N-dealkylation sites (N-methyl/N-ethyl adjacent to an activating group) is 2. The second-order valence-corrected chi connectivity index (χ2v) is 7.97. The average molecular weight is 424 g/mol. The van der Waals surface area contributed by atoms with E-state index in [1.165, 1.54) is 11.1 Å². The van der Waals surface area contributed by atoms with Crippen molar-refractivity contribution in [1.29, 1.82) is 0 Å². The van der Waals surface area contributed by atoms with Crippen molar-refractivity contribution in [2.24, 2.45) is 0 Å². The van der Waals surface area contributed by atoms with Crippen LogP contribution >= 0.6 is 23.2 Å². The maximum absolute atomic E-state index is 12.9. The van der Waals surface area contributed by atoms with Crippen LogP contribution in [0.3, 0.4) is 0 Å². The number of ether oxygens (including phenoxy) is 1. The van der Waals surface area contributed by atoms with E-state index in [2.05, 4.69) is 4.98 Å². The van der Waals surface area contributed by atoms with Gasteiger partial charge in [-0.25, -0.2) is 4.98 Å². The van der Waals surface area contributed by atoms with Gasteiger partial charge in [0.1, 0.15) is 6.61 Å². The molecule has 1 aromatic heterocycles. The number of rotatable bonds is 6. The number of aliphatic hydroxyl groups is 1. The van der Waals surface area contributed by atoms with Gasteiger partial charge in [0.25, 0.3) is 5.91 Å². The van der Waals surface area contributed by atoms with Crippen molar-refractivity contribution in [3.8, 4) is 5.88 Å². The molecule has 28 heavy (non-hydrogen) atoms. The van der Waals surface area contributed by atoms with Crippen LogP contribution in [0.5, 0.6) is 5.88 Å². The Labute approximate surface area is 174 Å². The van der Waals surface area contributed by atoms with Gasteiger partial charge in [0, 0.05) is 42.3 Å². The molecule has 0 fully saturated rings. The van der Waals surface area contributed by atoms with Crippen LogP contribution in [0.25, 0.3) is 0 Å². The molecule has 1 aliphatic carbocycles. The number of aromatic nitrogens is 1. The molecule has 6 nitrogen and oxygen atoms in total. The normalized spacial score (nSPS) is 18.2. The summed E-state index contributed by atoms with van der Waals surface area (Å²) in [6, 6.07) is 6.23. The second-order valence-electron chi connectivity index (χ2n) is 7.12. The van der Waals surface area contributed by atoms with Crippen LogP contribution in [-0.2, 0) is 6.42 Å². The van der Waals surface area contributed by atoms with Gasteiger partial charge in [-0.15, -0.1) is 0 Å². The number of aliphatic hydroxyl groups excluding tert-OH is 1. The number of pyridine rings is 1. The summed E-state index contributed by atoms with van der Waals surface area (Å²) < 4.78 is 5.55. The third-order valence-corrected chi connectivity index (χ3v) is 5.36. The van der Waals surface area contributed by atoms with Crippen LogP contribution < -0.4 is 4.74 Å². The van der Waals surface area contributed by atoms with E-state index >= 15 is 0 Å². The van der Waals surface area contributed by atoms with E-state index in [0.717, 1.165) is 17.7 Å². The van der Waals surface area contributed by atoms with Crippen molar-refractivity contribution in [3.05, 3.63) is 57.2 Å². The summed E-state index contributed by atoms with van der Waals surface area (Å²) in [6.07, 6.45) is 1.11.